The number of hydrogen-bond acceptors (Lipinski definition) is 7. The van der Waals surface area contributed by atoms with Gasteiger partial charge in [-0.2, -0.15) is 4.31 Å². The van der Waals surface area contributed by atoms with Crippen LogP contribution in [0.1, 0.15) is 52.7 Å². The van der Waals surface area contributed by atoms with E-state index in [2.05, 4.69) is 10.6 Å². The van der Waals surface area contributed by atoms with E-state index in [9.17, 15) is 23.1 Å². The molecule has 5 unspecified atom stereocenters. The van der Waals surface area contributed by atoms with Crippen molar-refractivity contribution in [1.29, 1.82) is 0 Å². The third-order valence-corrected chi connectivity index (χ3v) is 9.59. The molecule has 3 N–H and O–H groups in total. The lowest BCUT2D eigenvalue weighted by Gasteiger charge is -2.36. The van der Waals surface area contributed by atoms with Crippen molar-refractivity contribution in [2.75, 3.05) is 19.7 Å². The van der Waals surface area contributed by atoms with Gasteiger partial charge in [-0.25, -0.2) is 13.2 Å². The van der Waals surface area contributed by atoms with Crippen LogP contribution in [-0.4, -0.2) is 84.7 Å². The zero-order valence-electron chi connectivity index (χ0n) is 26.0. The van der Waals surface area contributed by atoms with Crippen molar-refractivity contribution in [3.8, 4) is 0 Å². The van der Waals surface area contributed by atoms with E-state index in [1.807, 2.05) is 74.5 Å². The van der Waals surface area contributed by atoms with Gasteiger partial charge in [-0.1, -0.05) is 74.5 Å². The van der Waals surface area contributed by atoms with Crippen LogP contribution in [0.2, 0.25) is 0 Å². The van der Waals surface area contributed by atoms with Gasteiger partial charge in [0.1, 0.15) is 5.60 Å². The molecule has 1 saturated heterocycles. The number of morpholine rings is 1. The molecule has 2 aromatic carbocycles. The molecule has 3 rings (SSSR count). The van der Waals surface area contributed by atoms with E-state index in [0.717, 1.165) is 11.1 Å². The van der Waals surface area contributed by atoms with Crippen molar-refractivity contribution in [2.45, 2.75) is 89.5 Å². The Hall–Kier alpha value is -2.99. The van der Waals surface area contributed by atoms with Crippen molar-refractivity contribution < 1.29 is 32.6 Å². The summed E-state index contributed by atoms with van der Waals surface area (Å²) in [5.41, 5.74) is 0.920. The van der Waals surface area contributed by atoms with Gasteiger partial charge in [0.15, 0.2) is 5.25 Å². The Morgan fingerprint density at radius 3 is 1.95 bits per heavy atom. The summed E-state index contributed by atoms with van der Waals surface area (Å²) in [7, 11) is -4.01. The number of nitrogens with one attached hydrogen (secondary N) is 2. The number of rotatable bonds is 12. The predicted octanol–water partition coefficient (Wildman–Crippen LogP) is 3.29. The molecule has 2 amide bonds. The summed E-state index contributed by atoms with van der Waals surface area (Å²) in [5, 5.41) is 15.9. The van der Waals surface area contributed by atoms with E-state index in [4.69, 9.17) is 9.47 Å². The maximum absolute atomic E-state index is 13.6. The molecule has 11 heteroatoms. The second kappa shape index (κ2) is 15.1. The molecule has 238 valence electrons. The molecule has 0 aromatic heterocycles. The number of sulfonamides is 1. The van der Waals surface area contributed by atoms with Crippen molar-refractivity contribution in [3.63, 3.8) is 0 Å². The van der Waals surface area contributed by atoms with Crippen LogP contribution in [0.4, 0.5) is 4.79 Å². The van der Waals surface area contributed by atoms with Gasteiger partial charge in [-0.15, -0.1) is 0 Å². The van der Waals surface area contributed by atoms with Gasteiger partial charge in [0.05, 0.1) is 30.9 Å². The number of ether oxygens (including phenoxy) is 2. The lowest BCUT2D eigenvalue weighted by Crippen LogP contribution is -2.59. The first kappa shape index (κ1) is 34.5. The fourth-order valence-corrected chi connectivity index (χ4v) is 6.40. The van der Waals surface area contributed by atoms with Crippen molar-refractivity contribution in [1.82, 2.24) is 14.9 Å². The molecule has 43 heavy (non-hydrogen) atoms. The molecule has 1 aliphatic rings. The van der Waals surface area contributed by atoms with E-state index in [-0.39, 0.29) is 44.6 Å². The monoisotopic (exact) mass is 617 g/mol. The van der Waals surface area contributed by atoms with Gasteiger partial charge in [0, 0.05) is 13.1 Å². The summed E-state index contributed by atoms with van der Waals surface area (Å²) in [5.74, 6) is -0.616. The predicted molar refractivity (Wildman–Crippen MR) is 166 cm³/mol. The average Bonchev–Trinajstić information content (AvgIpc) is 2.95. The molecule has 0 bridgehead atoms. The SMILES string of the molecule is CC(C)C1CN(S(=O)(=O)C(C)C(=O)NC(Cc2ccccc2)C(O)C(Cc2ccccc2)NC(=O)OC(C)(C)C)CCO1. The van der Waals surface area contributed by atoms with Crippen LogP contribution in [-0.2, 0) is 37.1 Å². The molecule has 1 aliphatic heterocycles. The summed E-state index contributed by atoms with van der Waals surface area (Å²) in [4.78, 5) is 26.4. The normalized spacial score (nSPS) is 19.2. The van der Waals surface area contributed by atoms with Crippen LogP contribution in [0.3, 0.4) is 0 Å². The Morgan fingerprint density at radius 1 is 0.953 bits per heavy atom. The van der Waals surface area contributed by atoms with Gasteiger partial charge in [0.25, 0.3) is 0 Å². The fraction of sp³-hybridized carbons (Fsp3) is 0.562. The van der Waals surface area contributed by atoms with Crippen molar-refractivity contribution in [3.05, 3.63) is 71.8 Å². The van der Waals surface area contributed by atoms with E-state index in [1.165, 1.54) is 11.2 Å². The number of hydrogen-bond donors (Lipinski definition) is 3. The Morgan fingerprint density at radius 2 is 1.47 bits per heavy atom. The average molecular weight is 618 g/mol. The Kier molecular flexibility index (Phi) is 12.1. The lowest BCUT2D eigenvalue weighted by molar-refractivity contribution is -0.122. The molecular formula is C32H47N3O7S. The highest BCUT2D eigenvalue weighted by Gasteiger charge is 2.40. The first-order chi connectivity index (χ1) is 20.2. The second-order valence-corrected chi connectivity index (χ2v) is 14.7. The Balaban J connectivity index is 1.87. The highest BCUT2D eigenvalue weighted by molar-refractivity contribution is 7.90. The molecule has 0 saturated carbocycles. The van der Waals surface area contributed by atoms with Crippen LogP contribution in [0.25, 0.3) is 0 Å². The lowest BCUT2D eigenvalue weighted by atomic mass is 9.92. The number of benzene rings is 2. The smallest absolute Gasteiger partial charge is 0.407 e. The molecule has 0 aliphatic carbocycles. The van der Waals surface area contributed by atoms with E-state index >= 15 is 0 Å². The number of aliphatic hydroxyl groups excluding tert-OH is 1. The maximum Gasteiger partial charge on any atom is 0.407 e. The summed E-state index contributed by atoms with van der Waals surface area (Å²) in [6.07, 6.45) is -1.81. The number of nitrogens with zero attached hydrogens (tertiary/aromatic N) is 1. The Labute approximate surface area is 256 Å². The van der Waals surface area contributed by atoms with Crippen molar-refractivity contribution >= 4 is 22.0 Å². The molecule has 10 nitrogen and oxygen atoms in total. The van der Waals surface area contributed by atoms with Crippen LogP contribution in [0, 0.1) is 5.92 Å². The topological polar surface area (TPSA) is 134 Å². The first-order valence-electron chi connectivity index (χ1n) is 14.8. The molecule has 1 fully saturated rings. The molecule has 2 aromatic rings. The van der Waals surface area contributed by atoms with E-state index < -0.39 is 51.1 Å². The van der Waals surface area contributed by atoms with Crippen LogP contribution < -0.4 is 10.6 Å². The first-order valence-corrected chi connectivity index (χ1v) is 16.3. The molecule has 0 spiro atoms. The quantitative estimate of drug-likeness (QED) is 0.333. The molecule has 5 atom stereocenters. The van der Waals surface area contributed by atoms with Gasteiger partial charge in [-0.05, 0) is 57.6 Å². The Bertz CT molecular complexity index is 1280. The minimum atomic E-state index is -4.01. The third kappa shape index (κ3) is 10.3. The maximum atomic E-state index is 13.6. The van der Waals surface area contributed by atoms with Gasteiger partial charge >= 0.3 is 6.09 Å². The van der Waals surface area contributed by atoms with Crippen LogP contribution >= 0.6 is 0 Å². The number of carbonyl (C=O) groups is 2. The highest BCUT2D eigenvalue weighted by atomic mass is 32.2. The van der Waals surface area contributed by atoms with Crippen molar-refractivity contribution in [2.24, 2.45) is 5.92 Å². The second-order valence-electron chi connectivity index (χ2n) is 12.4. The number of carbonyl (C=O) groups excluding carboxylic acids is 2. The standard InChI is InChI=1S/C32H47N3O7S/c1-22(2)28-21-35(17-18-41-28)43(39,40)23(3)30(37)33-26(19-24-13-9-7-10-14-24)29(36)27(20-25-15-11-8-12-16-25)34-31(38)42-32(4,5)6/h7-16,22-23,26-29,36H,17-21H2,1-6H3,(H,33,37)(H,34,38). The van der Waals surface area contributed by atoms with Crippen LogP contribution in [0.5, 0.6) is 0 Å². The highest BCUT2D eigenvalue weighted by Crippen LogP contribution is 2.20. The van der Waals surface area contributed by atoms with E-state index in [1.54, 1.807) is 20.8 Å². The summed E-state index contributed by atoms with van der Waals surface area (Å²) in [6.45, 7) is 11.1. The fourth-order valence-electron chi connectivity index (χ4n) is 4.93. The minimum absolute atomic E-state index is 0.117. The zero-order valence-corrected chi connectivity index (χ0v) is 26.8. The number of amides is 2. The molecule has 0 radical (unpaired) electrons. The van der Waals surface area contributed by atoms with Crippen LogP contribution in [0.15, 0.2) is 60.7 Å². The summed E-state index contributed by atoms with van der Waals surface area (Å²) in [6, 6.07) is 16.8. The van der Waals surface area contributed by atoms with Gasteiger partial charge in [0.2, 0.25) is 15.9 Å². The summed E-state index contributed by atoms with van der Waals surface area (Å²) >= 11 is 0. The van der Waals surface area contributed by atoms with Gasteiger partial charge in [-0.3, -0.25) is 4.79 Å². The molecular weight excluding hydrogens is 570 g/mol. The summed E-state index contributed by atoms with van der Waals surface area (Å²) < 4.78 is 39.6. The number of aliphatic hydroxyl groups is 1. The number of alkyl carbamates (subject to hydrolysis) is 1. The molecule has 1 heterocycles. The van der Waals surface area contributed by atoms with Gasteiger partial charge < -0.3 is 25.2 Å². The zero-order chi connectivity index (χ0) is 31.8. The third-order valence-electron chi connectivity index (χ3n) is 7.43. The van der Waals surface area contributed by atoms with E-state index in [0.29, 0.717) is 0 Å². The minimum Gasteiger partial charge on any atom is -0.444 e. The largest absolute Gasteiger partial charge is 0.444 e.